The monoisotopic (exact) mass is 210 g/mol. The van der Waals surface area contributed by atoms with E-state index < -0.39 is 0 Å². The molecule has 1 unspecified atom stereocenters. The van der Waals surface area contributed by atoms with Gasteiger partial charge in [-0.25, -0.2) is 0 Å². The lowest BCUT2D eigenvalue weighted by molar-refractivity contribution is 0.530. The van der Waals surface area contributed by atoms with E-state index in [1.807, 2.05) is 17.7 Å². The lowest BCUT2D eigenvalue weighted by atomic mass is 9.94. The van der Waals surface area contributed by atoms with Crippen molar-refractivity contribution in [1.29, 1.82) is 0 Å². The molecule has 0 bridgehead atoms. The number of aromatic nitrogens is 2. The van der Waals surface area contributed by atoms with Crippen molar-refractivity contribution in [2.75, 3.05) is 0 Å². The molecule has 0 fully saturated rings. The Morgan fingerprint density at radius 2 is 2.12 bits per heavy atom. The highest BCUT2D eigenvalue weighted by Crippen LogP contribution is 2.25. The van der Waals surface area contributed by atoms with Crippen LogP contribution in [0.4, 0.5) is 0 Å². The molecule has 1 aromatic carbocycles. The van der Waals surface area contributed by atoms with E-state index in [2.05, 4.69) is 47.7 Å². The van der Waals surface area contributed by atoms with E-state index in [4.69, 9.17) is 0 Å². The molecular weight excluding hydrogens is 196 g/mol. The van der Waals surface area contributed by atoms with Crippen LogP contribution in [0.1, 0.15) is 22.9 Å². The minimum absolute atomic E-state index is 0.364. The summed E-state index contributed by atoms with van der Waals surface area (Å²) in [5.74, 6) is 0. The molecule has 1 heterocycles. The van der Waals surface area contributed by atoms with Gasteiger partial charge in [0.1, 0.15) is 0 Å². The third-order valence-electron chi connectivity index (χ3n) is 3.06. The second kappa shape index (κ2) is 3.63. The molecule has 0 saturated heterocycles. The van der Waals surface area contributed by atoms with Gasteiger partial charge >= 0.3 is 0 Å². The van der Waals surface area contributed by atoms with Crippen LogP contribution in [0.2, 0.25) is 0 Å². The third kappa shape index (κ3) is 1.56. The molecule has 1 aromatic heterocycles. The van der Waals surface area contributed by atoms with E-state index in [0.29, 0.717) is 6.04 Å². The average Bonchev–Trinajstić information content (AvgIpc) is 2.75. The summed E-state index contributed by atoms with van der Waals surface area (Å²) >= 11 is 0. The summed E-state index contributed by atoms with van der Waals surface area (Å²) in [4.78, 5) is 0. The number of benzene rings is 1. The van der Waals surface area contributed by atoms with E-state index >= 15 is 0 Å². The molecule has 2 nitrogen and oxygen atoms in total. The van der Waals surface area contributed by atoms with Crippen LogP contribution in [0.3, 0.4) is 0 Å². The van der Waals surface area contributed by atoms with Crippen LogP contribution in [-0.4, -0.2) is 9.78 Å². The average molecular weight is 210 g/mol. The van der Waals surface area contributed by atoms with E-state index in [-0.39, 0.29) is 0 Å². The van der Waals surface area contributed by atoms with Gasteiger partial charge in [0, 0.05) is 6.20 Å². The molecule has 80 valence electrons. The van der Waals surface area contributed by atoms with Crippen LogP contribution in [-0.2, 0) is 6.42 Å². The Bertz CT molecular complexity index is 537. The number of fused-ring (bicyclic) bond motifs is 1. The van der Waals surface area contributed by atoms with Crippen molar-refractivity contribution in [2.24, 2.45) is 0 Å². The van der Waals surface area contributed by atoms with Crippen LogP contribution in [0.25, 0.3) is 6.08 Å². The van der Waals surface area contributed by atoms with E-state index in [1.165, 1.54) is 11.1 Å². The van der Waals surface area contributed by atoms with Crippen LogP contribution < -0.4 is 0 Å². The predicted octanol–water partition coefficient (Wildman–Crippen LogP) is 3.00. The van der Waals surface area contributed by atoms with Gasteiger partial charge in [-0.1, -0.05) is 36.4 Å². The minimum Gasteiger partial charge on any atom is -0.265 e. The fourth-order valence-electron chi connectivity index (χ4n) is 2.19. The van der Waals surface area contributed by atoms with Crippen LogP contribution in [0.5, 0.6) is 0 Å². The van der Waals surface area contributed by atoms with Gasteiger partial charge in [0.2, 0.25) is 0 Å². The van der Waals surface area contributed by atoms with Crippen molar-refractivity contribution in [3.05, 3.63) is 59.4 Å². The highest BCUT2D eigenvalue weighted by Gasteiger charge is 2.14. The largest absolute Gasteiger partial charge is 0.265 e. The fraction of sp³-hybridized carbons (Fsp3) is 0.214. The fourth-order valence-corrected chi connectivity index (χ4v) is 2.19. The number of nitrogens with zero attached hydrogens (tertiary/aromatic N) is 2. The van der Waals surface area contributed by atoms with Crippen LogP contribution in [0, 0.1) is 6.92 Å². The zero-order chi connectivity index (χ0) is 11.0. The molecule has 0 amide bonds. The molecule has 1 aliphatic rings. The molecule has 0 radical (unpaired) electrons. The van der Waals surface area contributed by atoms with Crippen LogP contribution >= 0.6 is 0 Å². The molecular formula is C14H14N2. The molecule has 3 rings (SSSR count). The van der Waals surface area contributed by atoms with Crippen LogP contribution in [0.15, 0.2) is 42.6 Å². The third-order valence-corrected chi connectivity index (χ3v) is 3.06. The number of allylic oxidation sites excluding steroid dienone is 1. The molecule has 2 heteroatoms. The first-order chi connectivity index (χ1) is 7.83. The number of hydrogen-bond acceptors (Lipinski definition) is 1. The summed E-state index contributed by atoms with van der Waals surface area (Å²) in [6.45, 7) is 2.02. The summed E-state index contributed by atoms with van der Waals surface area (Å²) < 4.78 is 2.04. The molecule has 1 atom stereocenters. The second-order valence-corrected chi connectivity index (χ2v) is 4.27. The summed E-state index contributed by atoms with van der Waals surface area (Å²) in [5.41, 5.74) is 3.82. The van der Waals surface area contributed by atoms with Gasteiger partial charge in [-0.3, -0.25) is 4.68 Å². The zero-order valence-corrected chi connectivity index (χ0v) is 9.30. The quantitative estimate of drug-likeness (QED) is 0.707. The van der Waals surface area contributed by atoms with Gasteiger partial charge in [-0.05, 0) is 30.5 Å². The SMILES string of the molecule is Cc1ccn(C2C=Cc3ccccc3C2)n1. The van der Waals surface area contributed by atoms with E-state index in [0.717, 1.165) is 12.1 Å². The smallest absolute Gasteiger partial charge is 0.0743 e. The maximum absolute atomic E-state index is 4.47. The first-order valence-electron chi connectivity index (χ1n) is 5.61. The van der Waals surface area contributed by atoms with Gasteiger partial charge in [-0.2, -0.15) is 5.10 Å². The highest BCUT2D eigenvalue weighted by molar-refractivity contribution is 5.57. The van der Waals surface area contributed by atoms with Crippen molar-refractivity contribution in [1.82, 2.24) is 9.78 Å². The Balaban J connectivity index is 1.94. The van der Waals surface area contributed by atoms with Gasteiger partial charge in [-0.15, -0.1) is 0 Å². The number of hydrogen-bond donors (Lipinski definition) is 0. The normalized spacial score (nSPS) is 18.4. The Labute approximate surface area is 95.2 Å². The summed E-state index contributed by atoms with van der Waals surface area (Å²) in [6, 6.07) is 11.0. The maximum atomic E-state index is 4.47. The lowest BCUT2D eigenvalue weighted by Gasteiger charge is -2.19. The van der Waals surface area contributed by atoms with Gasteiger partial charge in [0.05, 0.1) is 11.7 Å². The molecule has 0 aliphatic heterocycles. The second-order valence-electron chi connectivity index (χ2n) is 4.27. The lowest BCUT2D eigenvalue weighted by Crippen LogP contribution is -2.13. The molecule has 0 saturated carbocycles. The van der Waals surface area contributed by atoms with Gasteiger partial charge in [0.15, 0.2) is 0 Å². The summed E-state index contributed by atoms with van der Waals surface area (Å²) in [6.07, 6.45) is 7.52. The maximum Gasteiger partial charge on any atom is 0.0743 e. The molecule has 1 aliphatic carbocycles. The van der Waals surface area contributed by atoms with Gasteiger partial charge < -0.3 is 0 Å². The highest BCUT2D eigenvalue weighted by atomic mass is 15.3. The summed E-state index contributed by atoms with van der Waals surface area (Å²) in [5, 5.41) is 4.47. The molecule has 16 heavy (non-hydrogen) atoms. The Kier molecular flexibility index (Phi) is 2.13. The summed E-state index contributed by atoms with van der Waals surface area (Å²) in [7, 11) is 0. The Morgan fingerprint density at radius 3 is 2.94 bits per heavy atom. The predicted molar refractivity (Wildman–Crippen MR) is 65.2 cm³/mol. The van der Waals surface area contributed by atoms with Crippen molar-refractivity contribution in [3.8, 4) is 0 Å². The van der Waals surface area contributed by atoms with Crippen molar-refractivity contribution in [3.63, 3.8) is 0 Å². The Hall–Kier alpha value is -1.83. The van der Waals surface area contributed by atoms with Crippen molar-refractivity contribution in [2.45, 2.75) is 19.4 Å². The molecule has 2 aromatic rings. The number of aryl methyl sites for hydroxylation is 1. The van der Waals surface area contributed by atoms with E-state index in [9.17, 15) is 0 Å². The first-order valence-corrected chi connectivity index (χ1v) is 5.61. The van der Waals surface area contributed by atoms with Crippen molar-refractivity contribution < 1.29 is 0 Å². The van der Waals surface area contributed by atoms with Gasteiger partial charge in [0.25, 0.3) is 0 Å². The topological polar surface area (TPSA) is 17.8 Å². The minimum atomic E-state index is 0.364. The molecule has 0 spiro atoms. The standard InChI is InChI=1S/C14H14N2/c1-11-8-9-16(15-11)14-7-6-12-4-2-3-5-13(12)10-14/h2-9,14H,10H2,1H3. The van der Waals surface area contributed by atoms with E-state index in [1.54, 1.807) is 0 Å². The van der Waals surface area contributed by atoms with Crippen molar-refractivity contribution >= 4 is 6.08 Å². The first kappa shape index (κ1) is 9.40. The zero-order valence-electron chi connectivity index (χ0n) is 9.30. The molecule has 0 N–H and O–H groups in total. The Morgan fingerprint density at radius 1 is 1.25 bits per heavy atom. The number of rotatable bonds is 1.